The number of aromatic carboxylic acids is 1. The number of carbonyl (C=O) groups is 1. The molecule has 2 N–H and O–H groups in total. The molecule has 0 bridgehead atoms. The molecule has 0 radical (unpaired) electrons. The Morgan fingerprint density at radius 2 is 2.15 bits per heavy atom. The minimum Gasteiger partial charge on any atom is -0.477 e. The molecule has 2 aromatic rings. The number of rotatable bonds is 4. The standard InChI is InChI=1S/C10H6BrClN2O4S2/c11-9-6(12)3-8(19-9)20(17,18)14-5-1-2-7(10(15)16)13-4-5/h1-4,14H,(H,15,16). The van der Waals surface area contributed by atoms with Crippen LogP contribution in [0.5, 0.6) is 0 Å². The number of pyridine rings is 1. The van der Waals surface area contributed by atoms with Crippen LogP contribution in [0.2, 0.25) is 5.02 Å². The van der Waals surface area contributed by atoms with Crippen LogP contribution >= 0.6 is 38.9 Å². The van der Waals surface area contributed by atoms with E-state index in [1.807, 2.05) is 0 Å². The number of nitrogens with one attached hydrogen (secondary N) is 1. The third-order valence-electron chi connectivity index (χ3n) is 2.12. The molecular weight excluding hydrogens is 392 g/mol. The zero-order chi connectivity index (χ0) is 14.9. The molecule has 0 aliphatic rings. The molecule has 20 heavy (non-hydrogen) atoms. The quantitative estimate of drug-likeness (QED) is 0.826. The molecule has 0 unspecified atom stereocenters. The van der Waals surface area contributed by atoms with E-state index in [4.69, 9.17) is 16.7 Å². The lowest BCUT2D eigenvalue weighted by molar-refractivity contribution is 0.0690. The average Bonchev–Trinajstić information content (AvgIpc) is 2.71. The highest BCUT2D eigenvalue weighted by atomic mass is 79.9. The number of hydrogen-bond donors (Lipinski definition) is 2. The lowest BCUT2D eigenvalue weighted by Crippen LogP contribution is -2.12. The Morgan fingerprint density at radius 3 is 2.60 bits per heavy atom. The van der Waals surface area contributed by atoms with Crippen molar-refractivity contribution in [2.75, 3.05) is 4.72 Å². The van der Waals surface area contributed by atoms with Gasteiger partial charge in [-0.25, -0.2) is 18.2 Å². The molecule has 0 amide bonds. The van der Waals surface area contributed by atoms with Gasteiger partial charge in [0.25, 0.3) is 10.0 Å². The average molecular weight is 398 g/mol. The van der Waals surface area contributed by atoms with Gasteiger partial charge < -0.3 is 5.11 Å². The molecule has 0 saturated heterocycles. The molecule has 0 saturated carbocycles. The number of nitrogens with zero attached hydrogens (tertiary/aromatic N) is 1. The topological polar surface area (TPSA) is 96.4 Å². The van der Waals surface area contributed by atoms with Crippen molar-refractivity contribution in [3.8, 4) is 0 Å². The van der Waals surface area contributed by atoms with Gasteiger partial charge in [0, 0.05) is 0 Å². The van der Waals surface area contributed by atoms with Crippen molar-refractivity contribution in [2.24, 2.45) is 0 Å². The molecule has 2 heterocycles. The van der Waals surface area contributed by atoms with Gasteiger partial charge in [0.05, 0.1) is 20.7 Å². The number of carboxylic acid groups (broad SMARTS) is 1. The Kier molecular flexibility index (Phi) is 4.33. The second-order valence-corrected chi connectivity index (χ2v) is 8.22. The fourth-order valence-electron chi connectivity index (χ4n) is 1.25. The Bertz CT molecular complexity index is 739. The van der Waals surface area contributed by atoms with Gasteiger partial charge in [-0.1, -0.05) is 11.6 Å². The van der Waals surface area contributed by atoms with Crippen LogP contribution in [-0.4, -0.2) is 24.5 Å². The van der Waals surface area contributed by atoms with Gasteiger partial charge >= 0.3 is 5.97 Å². The molecule has 0 aromatic carbocycles. The number of thiophene rings is 1. The maximum atomic E-state index is 12.1. The predicted octanol–water partition coefficient (Wildman–Crippen LogP) is 3.06. The number of sulfonamides is 1. The molecule has 2 aromatic heterocycles. The third-order valence-corrected chi connectivity index (χ3v) is 6.45. The Balaban J connectivity index is 2.26. The van der Waals surface area contributed by atoms with E-state index < -0.39 is 16.0 Å². The first kappa shape index (κ1) is 15.2. The Labute approximate surface area is 131 Å². The van der Waals surface area contributed by atoms with Gasteiger partial charge in [-0.05, 0) is 34.1 Å². The molecule has 6 nitrogen and oxygen atoms in total. The van der Waals surface area contributed by atoms with Crippen LogP contribution in [0.3, 0.4) is 0 Å². The monoisotopic (exact) mass is 396 g/mol. The van der Waals surface area contributed by atoms with Crippen molar-refractivity contribution in [2.45, 2.75) is 4.21 Å². The number of carboxylic acids is 1. The maximum Gasteiger partial charge on any atom is 0.354 e. The molecule has 0 aliphatic heterocycles. The van der Waals surface area contributed by atoms with Crippen LogP contribution in [0.15, 0.2) is 32.4 Å². The summed E-state index contributed by atoms with van der Waals surface area (Å²) < 4.78 is 27.0. The second-order valence-electron chi connectivity index (χ2n) is 3.53. The van der Waals surface area contributed by atoms with Gasteiger partial charge in [-0.15, -0.1) is 11.3 Å². The van der Waals surface area contributed by atoms with Crippen LogP contribution in [0.4, 0.5) is 5.69 Å². The second kappa shape index (κ2) is 5.68. The highest BCUT2D eigenvalue weighted by Gasteiger charge is 2.19. The summed E-state index contributed by atoms with van der Waals surface area (Å²) in [5.41, 5.74) is -0.00879. The highest BCUT2D eigenvalue weighted by Crippen LogP contribution is 2.35. The van der Waals surface area contributed by atoms with E-state index >= 15 is 0 Å². The van der Waals surface area contributed by atoms with Crippen molar-refractivity contribution in [1.29, 1.82) is 0 Å². The molecule has 10 heteroatoms. The van der Waals surface area contributed by atoms with Crippen LogP contribution in [0.25, 0.3) is 0 Å². The molecule has 0 fully saturated rings. The fourth-order valence-corrected chi connectivity index (χ4v) is 4.69. The van der Waals surface area contributed by atoms with Crippen LogP contribution in [-0.2, 0) is 10.0 Å². The van der Waals surface area contributed by atoms with Gasteiger partial charge in [0.1, 0.15) is 9.90 Å². The van der Waals surface area contributed by atoms with Gasteiger partial charge in [0.2, 0.25) is 0 Å². The molecule has 2 rings (SSSR count). The van der Waals surface area contributed by atoms with Crippen molar-refractivity contribution >= 4 is 60.5 Å². The number of aromatic nitrogens is 1. The lowest BCUT2D eigenvalue weighted by Gasteiger charge is -2.05. The summed E-state index contributed by atoms with van der Waals surface area (Å²) in [7, 11) is -3.78. The van der Waals surface area contributed by atoms with E-state index in [-0.39, 0.29) is 15.6 Å². The molecule has 106 valence electrons. The summed E-state index contributed by atoms with van der Waals surface area (Å²) in [5.74, 6) is -1.19. The van der Waals surface area contributed by atoms with Gasteiger partial charge in [-0.3, -0.25) is 4.72 Å². The zero-order valence-electron chi connectivity index (χ0n) is 9.50. The number of hydrogen-bond acceptors (Lipinski definition) is 5. The Hall–Kier alpha value is -1.16. The smallest absolute Gasteiger partial charge is 0.354 e. The van der Waals surface area contributed by atoms with E-state index in [1.54, 1.807) is 0 Å². The highest BCUT2D eigenvalue weighted by molar-refractivity contribution is 9.11. The molecule has 0 atom stereocenters. The van der Waals surface area contributed by atoms with E-state index in [9.17, 15) is 13.2 Å². The first-order valence-electron chi connectivity index (χ1n) is 4.96. The minimum absolute atomic E-state index is 0.0386. The first-order chi connectivity index (χ1) is 9.29. The molecular formula is C10H6BrClN2O4S2. The van der Waals surface area contributed by atoms with Crippen LogP contribution in [0, 0.1) is 0 Å². The fraction of sp³-hybridized carbons (Fsp3) is 0. The third kappa shape index (κ3) is 3.29. The van der Waals surface area contributed by atoms with Crippen molar-refractivity contribution in [3.63, 3.8) is 0 Å². The first-order valence-corrected chi connectivity index (χ1v) is 8.43. The molecule has 0 aliphatic carbocycles. The van der Waals surface area contributed by atoms with Crippen LogP contribution < -0.4 is 4.72 Å². The summed E-state index contributed by atoms with van der Waals surface area (Å²) in [5, 5.41) is 9.00. The summed E-state index contributed by atoms with van der Waals surface area (Å²) in [4.78, 5) is 14.3. The van der Waals surface area contributed by atoms with Crippen LogP contribution in [0.1, 0.15) is 10.5 Å². The van der Waals surface area contributed by atoms with E-state index in [0.717, 1.165) is 17.5 Å². The SMILES string of the molecule is O=C(O)c1ccc(NS(=O)(=O)c2cc(Cl)c(Br)s2)cn1. The van der Waals surface area contributed by atoms with Gasteiger partial charge in [0.15, 0.2) is 0 Å². The number of halogens is 2. The van der Waals surface area contributed by atoms with Crippen molar-refractivity contribution in [1.82, 2.24) is 4.98 Å². The minimum atomic E-state index is -3.78. The van der Waals surface area contributed by atoms with E-state index in [1.165, 1.54) is 18.2 Å². The summed E-state index contributed by atoms with van der Waals surface area (Å²) >= 11 is 9.89. The van der Waals surface area contributed by atoms with E-state index in [2.05, 4.69) is 25.6 Å². The summed E-state index contributed by atoms with van der Waals surface area (Å²) in [6, 6.07) is 3.84. The number of anilines is 1. The maximum absolute atomic E-state index is 12.1. The van der Waals surface area contributed by atoms with Crippen molar-refractivity contribution in [3.05, 3.63) is 38.9 Å². The summed E-state index contributed by atoms with van der Waals surface area (Å²) in [6.07, 6.45) is 1.13. The zero-order valence-corrected chi connectivity index (χ0v) is 13.5. The predicted molar refractivity (Wildman–Crippen MR) is 79.0 cm³/mol. The summed E-state index contributed by atoms with van der Waals surface area (Å²) in [6.45, 7) is 0. The molecule has 0 spiro atoms. The van der Waals surface area contributed by atoms with Gasteiger partial charge in [-0.2, -0.15) is 0 Å². The largest absolute Gasteiger partial charge is 0.477 e. The normalized spacial score (nSPS) is 11.3. The lowest BCUT2D eigenvalue weighted by atomic mass is 10.3. The Morgan fingerprint density at radius 1 is 1.45 bits per heavy atom. The van der Waals surface area contributed by atoms with Crippen molar-refractivity contribution < 1.29 is 18.3 Å². The van der Waals surface area contributed by atoms with E-state index in [0.29, 0.717) is 8.81 Å².